The zero-order chi connectivity index (χ0) is 20.2. The number of hydrogen-bond acceptors (Lipinski definition) is 6. The lowest BCUT2D eigenvalue weighted by Gasteiger charge is -2.27. The Bertz CT molecular complexity index is 855. The van der Waals surface area contributed by atoms with Crippen molar-refractivity contribution < 1.29 is 27.8 Å². The molecule has 0 fully saturated rings. The number of carbonyl (C=O) groups excluding carboxylic acids is 2. The van der Waals surface area contributed by atoms with E-state index in [1.54, 1.807) is 56.5 Å². The van der Waals surface area contributed by atoms with Gasteiger partial charge in [0, 0.05) is 22.8 Å². The molecule has 0 radical (unpaired) electrons. The maximum Gasteiger partial charge on any atom is 0.327 e. The van der Waals surface area contributed by atoms with Crippen molar-refractivity contribution in [2.24, 2.45) is 0 Å². The maximum absolute atomic E-state index is 12.1. The molecule has 0 saturated carbocycles. The first-order valence-corrected chi connectivity index (χ1v) is 9.48. The van der Waals surface area contributed by atoms with Crippen molar-refractivity contribution in [2.75, 3.05) is 17.5 Å². The largest absolute Gasteiger partial charge is 0.755 e. The average molecular weight is 395 g/mol. The third kappa shape index (κ3) is 5.54. The van der Waals surface area contributed by atoms with E-state index >= 15 is 0 Å². The highest BCUT2D eigenvalue weighted by atomic mass is 32.2. The van der Waals surface area contributed by atoms with E-state index < -0.39 is 35.4 Å². The Labute approximate surface area is 160 Å². The van der Waals surface area contributed by atoms with Gasteiger partial charge >= 0.3 is 11.9 Å². The average Bonchev–Trinajstić information content (AvgIpc) is 2.89. The number of benzene rings is 1. The number of rotatable bonds is 7. The molecule has 2 rings (SSSR count). The van der Waals surface area contributed by atoms with Crippen molar-refractivity contribution in [3.8, 4) is 0 Å². The molecular weight excluding hydrogens is 372 g/mol. The van der Waals surface area contributed by atoms with Gasteiger partial charge in [-0.1, -0.05) is 18.2 Å². The van der Waals surface area contributed by atoms with Crippen LogP contribution in [0.2, 0.25) is 0 Å². The van der Waals surface area contributed by atoms with Crippen LogP contribution in [0.25, 0.3) is 10.9 Å². The second-order valence-electron chi connectivity index (χ2n) is 6.80. The van der Waals surface area contributed by atoms with E-state index in [0.29, 0.717) is 10.9 Å². The normalized spacial score (nSPS) is 12.6. The van der Waals surface area contributed by atoms with Crippen LogP contribution in [0.15, 0.2) is 30.5 Å². The summed E-state index contributed by atoms with van der Waals surface area (Å²) >= 11 is -2.71. The first-order chi connectivity index (χ1) is 12.6. The molecule has 27 heavy (non-hydrogen) atoms. The van der Waals surface area contributed by atoms with Gasteiger partial charge in [-0.15, -0.1) is 0 Å². The Morgan fingerprint density at radius 1 is 1.22 bits per heavy atom. The van der Waals surface area contributed by atoms with Crippen LogP contribution in [0.4, 0.5) is 5.69 Å². The first-order valence-electron chi connectivity index (χ1n) is 8.44. The molecule has 2 aromatic rings. The predicted octanol–water partition coefficient (Wildman–Crippen LogP) is 2.15. The first kappa shape index (κ1) is 20.9. The van der Waals surface area contributed by atoms with Crippen LogP contribution in [0.3, 0.4) is 0 Å². The van der Waals surface area contributed by atoms with Gasteiger partial charge in [0.15, 0.2) is 0 Å². The molecule has 9 heteroatoms. The number of esters is 2. The van der Waals surface area contributed by atoms with Gasteiger partial charge in [0.05, 0.1) is 17.8 Å². The molecule has 8 nitrogen and oxygen atoms in total. The van der Waals surface area contributed by atoms with Crippen molar-refractivity contribution in [3.63, 3.8) is 0 Å². The molecule has 1 aromatic heterocycles. The van der Waals surface area contributed by atoms with Crippen LogP contribution >= 0.6 is 0 Å². The highest BCUT2D eigenvalue weighted by Crippen LogP contribution is 2.30. The number of aromatic nitrogens is 1. The minimum Gasteiger partial charge on any atom is -0.755 e. The molecule has 1 aromatic carbocycles. The molecule has 0 aliphatic carbocycles. The third-order valence-electron chi connectivity index (χ3n) is 3.51. The summed E-state index contributed by atoms with van der Waals surface area (Å²) < 4.78 is 36.3. The monoisotopic (exact) mass is 395 g/mol. The van der Waals surface area contributed by atoms with Crippen molar-refractivity contribution >= 4 is 39.8 Å². The standard InChI is InChI=1S/C18H24N2O6S/c1-5-25-16(21)11-19-10-15(13-8-6-7-9-14(13)19)20(27(23)24)12-17(22)26-18(2,3)4/h6-10H,5,11-12H2,1-4H3,(H,23,24)/p-1. The van der Waals surface area contributed by atoms with Gasteiger partial charge < -0.3 is 18.6 Å². The molecule has 0 aliphatic rings. The molecule has 0 bridgehead atoms. The van der Waals surface area contributed by atoms with Crippen LogP contribution < -0.4 is 4.31 Å². The van der Waals surface area contributed by atoms with E-state index in [9.17, 15) is 18.4 Å². The van der Waals surface area contributed by atoms with Gasteiger partial charge in [-0.2, -0.15) is 0 Å². The summed E-state index contributed by atoms with van der Waals surface area (Å²) in [5.74, 6) is -1.11. The van der Waals surface area contributed by atoms with Gasteiger partial charge in [0.1, 0.15) is 18.7 Å². The fourth-order valence-corrected chi connectivity index (χ4v) is 3.13. The van der Waals surface area contributed by atoms with Gasteiger partial charge in [-0.25, -0.2) is 0 Å². The summed E-state index contributed by atoms with van der Waals surface area (Å²) in [6, 6.07) is 7.01. The number of fused-ring (bicyclic) bond motifs is 1. The zero-order valence-corrected chi connectivity index (χ0v) is 16.6. The minimum atomic E-state index is -2.71. The lowest BCUT2D eigenvalue weighted by molar-refractivity contribution is -0.152. The molecule has 1 atom stereocenters. The molecule has 1 unspecified atom stereocenters. The van der Waals surface area contributed by atoms with E-state index in [1.807, 2.05) is 0 Å². The second-order valence-corrected chi connectivity index (χ2v) is 7.68. The number of carbonyl (C=O) groups is 2. The number of hydrogen-bond donors (Lipinski definition) is 0. The SMILES string of the molecule is CCOC(=O)Cn1cc(N(CC(=O)OC(C)(C)C)S(=O)[O-])c2ccccc21. The molecule has 0 aliphatic heterocycles. The molecule has 0 spiro atoms. The van der Waals surface area contributed by atoms with Gasteiger partial charge in [-0.05, 0) is 33.8 Å². The Balaban J connectivity index is 2.40. The summed E-state index contributed by atoms with van der Waals surface area (Å²) in [6.07, 6.45) is 1.52. The Morgan fingerprint density at radius 2 is 1.89 bits per heavy atom. The number of para-hydroxylation sites is 1. The van der Waals surface area contributed by atoms with Gasteiger partial charge in [0.2, 0.25) is 0 Å². The highest BCUT2D eigenvalue weighted by molar-refractivity contribution is 7.80. The smallest absolute Gasteiger partial charge is 0.327 e. The van der Waals surface area contributed by atoms with Gasteiger partial charge in [0.25, 0.3) is 0 Å². The third-order valence-corrected chi connectivity index (χ3v) is 4.20. The highest BCUT2D eigenvalue weighted by Gasteiger charge is 2.23. The molecular formula is C18H23N2O6S-. The van der Waals surface area contributed by atoms with Crippen LogP contribution in [0.1, 0.15) is 27.7 Å². The minimum absolute atomic E-state index is 0.0693. The van der Waals surface area contributed by atoms with Crippen molar-refractivity contribution in [1.29, 1.82) is 0 Å². The van der Waals surface area contributed by atoms with Crippen LogP contribution in [0.5, 0.6) is 0 Å². The number of ether oxygens (including phenoxy) is 2. The number of nitrogens with zero attached hydrogens (tertiary/aromatic N) is 2. The summed E-state index contributed by atoms with van der Waals surface area (Å²) in [5, 5.41) is 0.592. The molecule has 0 N–H and O–H groups in total. The summed E-state index contributed by atoms with van der Waals surface area (Å²) in [7, 11) is 0. The van der Waals surface area contributed by atoms with E-state index in [-0.39, 0.29) is 18.8 Å². The fourth-order valence-electron chi connectivity index (χ4n) is 2.61. The van der Waals surface area contributed by atoms with E-state index in [0.717, 1.165) is 4.31 Å². The Hall–Kier alpha value is -2.39. The van der Waals surface area contributed by atoms with E-state index in [1.165, 1.54) is 6.20 Å². The van der Waals surface area contributed by atoms with Crippen LogP contribution in [-0.2, 0) is 36.9 Å². The maximum atomic E-state index is 12.1. The lowest BCUT2D eigenvalue weighted by Crippen LogP contribution is -2.36. The van der Waals surface area contributed by atoms with Crippen molar-refractivity contribution in [1.82, 2.24) is 4.57 Å². The van der Waals surface area contributed by atoms with Crippen LogP contribution in [0, 0.1) is 0 Å². The van der Waals surface area contributed by atoms with Crippen molar-refractivity contribution in [2.45, 2.75) is 39.8 Å². The summed E-state index contributed by atoms with van der Waals surface area (Å²) in [5.41, 5.74) is 0.208. The number of anilines is 1. The summed E-state index contributed by atoms with van der Waals surface area (Å²) in [4.78, 5) is 24.0. The zero-order valence-electron chi connectivity index (χ0n) is 15.8. The summed E-state index contributed by atoms with van der Waals surface area (Å²) in [6.45, 7) is 6.53. The molecule has 1 heterocycles. The van der Waals surface area contributed by atoms with E-state index in [4.69, 9.17) is 9.47 Å². The van der Waals surface area contributed by atoms with Crippen LogP contribution in [-0.4, -0.2) is 44.0 Å². The predicted molar refractivity (Wildman–Crippen MR) is 101 cm³/mol. The second kappa shape index (κ2) is 8.53. The van der Waals surface area contributed by atoms with Gasteiger partial charge in [-0.3, -0.25) is 18.1 Å². The quantitative estimate of drug-likeness (QED) is 0.526. The van der Waals surface area contributed by atoms with E-state index in [2.05, 4.69) is 0 Å². The Kier molecular flexibility index (Phi) is 6.61. The molecule has 0 amide bonds. The topological polar surface area (TPSA) is 101 Å². The molecule has 148 valence electrons. The molecule has 0 saturated heterocycles. The van der Waals surface area contributed by atoms with Crippen molar-refractivity contribution in [3.05, 3.63) is 30.5 Å². The Morgan fingerprint density at radius 3 is 2.48 bits per heavy atom. The lowest BCUT2D eigenvalue weighted by atomic mass is 10.2. The fraction of sp³-hybridized carbons (Fsp3) is 0.444.